The normalized spacial score (nSPS) is 25.7. The van der Waals surface area contributed by atoms with Gasteiger partial charge in [0, 0.05) is 12.8 Å². The maximum Gasteiger partial charge on any atom is 0.264 e. The lowest BCUT2D eigenvalue weighted by atomic mass is 9.71. The highest BCUT2D eigenvalue weighted by atomic mass is 32.2. The van der Waals surface area contributed by atoms with Crippen LogP contribution in [0.25, 0.3) is 0 Å². The largest absolute Gasteiger partial charge is 0.299 e. The van der Waals surface area contributed by atoms with Gasteiger partial charge in [0.25, 0.3) is 10.1 Å². The molecular formula is C11H16O5S. The fourth-order valence-corrected chi connectivity index (χ4v) is 3.53. The number of carbonyl (C=O) groups is 2. The minimum Gasteiger partial charge on any atom is -0.299 e. The van der Waals surface area contributed by atoms with Crippen molar-refractivity contribution in [1.29, 1.82) is 0 Å². The van der Waals surface area contributed by atoms with Crippen molar-refractivity contribution in [1.82, 2.24) is 0 Å². The molecule has 0 aliphatic heterocycles. The van der Waals surface area contributed by atoms with Crippen LogP contribution in [0.5, 0.6) is 0 Å². The molecule has 0 aromatic carbocycles. The summed E-state index contributed by atoms with van der Waals surface area (Å²) in [6, 6.07) is 0. The first-order valence-electron chi connectivity index (χ1n) is 5.78. The topological polar surface area (TPSA) is 77.5 Å². The summed E-state index contributed by atoms with van der Waals surface area (Å²) in [6.07, 6.45) is 3.12. The third kappa shape index (κ3) is 2.42. The van der Waals surface area contributed by atoms with Gasteiger partial charge in [-0.3, -0.25) is 13.8 Å². The minimum absolute atomic E-state index is 0.0281. The molecule has 0 unspecified atom stereocenters. The average Bonchev–Trinajstić information content (AvgIpc) is 2.48. The smallest absolute Gasteiger partial charge is 0.264 e. The van der Waals surface area contributed by atoms with Crippen LogP contribution >= 0.6 is 0 Å². The van der Waals surface area contributed by atoms with Crippen molar-refractivity contribution in [3.05, 3.63) is 0 Å². The van der Waals surface area contributed by atoms with Crippen LogP contribution in [0.1, 0.15) is 38.5 Å². The average molecular weight is 260 g/mol. The summed E-state index contributed by atoms with van der Waals surface area (Å²) in [4.78, 5) is 23.5. The number of hydrogen-bond donors (Lipinski definition) is 0. The molecule has 96 valence electrons. The molecule has 2 aliphatic rings. The van der Waals surface area contributed by atoms with Crippen LogP contribution in [0.3, 0.4) is 0 Å². The van der Waals surface area contributed by atoms with E-state index in [4.69, 9.17) is 4.18 Å². The lowest BCUT2D eigenvalue weighted by Crippen LogP contribution is -2.39. The Labute approximate surface area is 101 Å². The molecule has 5 nitrogen and oxygen atoms in total. The predicted octanol–water partition coefficient (Wildman–Crippen LogP) is 0.824. The Morgan fingerprint density at radius 2 is 1.59 bits per heavy atom. The first kappa shape index (κ1) is 12.7. The van der Waals surface area contributed by atoms with Crippen LogP contribution in [0.4, 0.5) is 0 Å². The monoisotopic (exact) mass is 260 g/mol. The molecule has 1 spiro atoms. The molecule has 0 heterocycles. The molecule has 0 aromatic rings. The highest BCUT2D eigenvalue weighted by Crippen LogP contribution is 2.44. The number of Topliss-reactive ketones (excluding diaryl/α,β-unsaturated/α-hetero) is 2. The first-order valence-corrected chi connectivity index (χ1v) is 7.60. The molecule has 6 heteroatoms. The second-order valence-corrected chi connectivity index (χ2v) is 6.53. The molecule has 0 amide bonds. The van der Waals surface area contributed by atoms with Crippen molar-refractivity contribution in [2.75, 3.05) is 6.26 Å². The molecule has 2 saturated carbocycles. The summed E-state index contributed by atoms with van der Waals surface area (Å²) in [5.41, 5.74) is -0.808. The quantitative estimate of drug-likeness (QED) is 0.542. The van der Waals surface area contributed by atoms with E-state index in [0.717, 1.165) is 6.26 Å². The van der Waals surface area contributed by atoms with Crippen LogP contribution < -0.4 is 0 Å². The zero-order chi connectivity index (χ0) is 12.7. The van der Waals surface area contributed by atoms with Crippen molar-refractivity contribution in [2.45, 2.75) is 44.6 Å². The van der Waals surface area contributed by atoms with Crippen LogP contribution in [0.15, 0.2) is 0 Å². The predicted molar refractivity (Wildman–Crippen MR) is 59.9 cm³/mol. The summed E-state index contributed by atoms with van der Waals surface area (Å²) in [5, 5.41) is 0. The van der Waals surface area contributed by atoms with Gasteiger partial charge in [-0.25, -0.2) is 0 Å². The van der Waals surface area contributed by atoms with Gasteiger partial charge in [-0.15, -0.1) is 0 Å². The molecule has 0 saturated heterocycles. The third-order valence-corrected chi connectivity index (χ3v) is 4.37. The van der Waals surface area contributed by atoms with Gasteiger partial charge >= 0.3 is 0 Å². The Morgan fingerprint density at radius 1 is 1.12 bits per heavy atom. The SMILES string of the molecule is CS(=O)(=O)OC1CCC2(CC1)C(=O)CCC2=O. The summed E-state index contributed by atoms with van der Waals surface area (Å²) >= 11 is 0. The Hall–Kier alpha value is -0.750. The number of rotatable bonds is 2. The summed E-state index contributed by atoms with van der Waals surface area (Å²) in [7, 11) is -3.46. The third-order valence-electron chi connectivity index (χ3n) is 3.74. The fraction of sp³-hybridized carbons (Fsp3) is 0.818. The summed E-state index contributed by atoms with van der Waals surface area (Å²) in [6.45, 7) is 0. The summed E-state index contributed by atoms with van der Waals surface area (Å²) in [5.74, 6) is 0.0561. The van der Waals surface area contributed by atoms with Gasteiger partial charge in [-0.2, -0.15) is 8.42 Å². The molecular weight excluding hydrogens is 244 g/mol. The van der Waals surface area contributed by atoms with Gasteiger partial charge in [0.2, 0.25) is 0 Å². The first-order chi connectivity index (χ1) is 7.83. The number of carbonyl (C=O) groups excluding carboxylic acids is 2. The van der Waals surface area contributed by atoms with Gasteiger partial charge in [0.15, 0.2) is 0 Å². The van der Waals surface area contributed by atoms with Crippen LogP contribution in [-0.2, 0) is 23.9 Å². The Balaban J connectivity index is 2.03. The van der Waals surface area contributed by atoms with E-state index in [9.17, 15) is 18.0 Å². The van der Waals surface area contributed by atoms with E-state index in [1.807, 2.05) is 0 Å². The van der Waals surface area contributed by atoms with Crippen LogP contribution in [0.2, 0.25) is 0 Å². The Bertz CT molecular complexity index is 424. The lowest BCUT2D eigenvalue weighted by molar-refractivity contribution is -0.138. The lowest BCUT2D eigenvalue weighted by Gasteiger charge is -2.33. The highest BCUT2D eigenvalue weighted by molar-refractivity contribution is 7.86. The Kier molecular flexibility index (Phi) is 3.12. The molecule has 0 radical (unpaired) electrons. The second kappa shape index (κ2) is 4.17. The molecule has 2 aliphatic carbocycles. The maximum absolute atomic E-state index is 11.8. The van der Waals surface area contributed by atoms with E-state index in [2.05, 4.69) is 0 Å². The fourth-order valence-electron chi connectivity index (χ4n) is 2.85. The zero-order valence-electron chi connectivity index (χ0n) is 9.77. The van der Waals surface area contributed by atoms with Crippen LogP contribution in [0, 0.1) is 5.41 Å². The van der Waals surface area contributed by atoms with Crippen molar-refractivity contribution in [3.63, 3.8) is 0 Å². The van der Waals surface area contributed by atoms with Crippen molar-refractivity contribution < 1.29 is 22.2 Å². The number of hydrogen-bond acceptors (Lipinski definition) is 5. The van der Waals surface area contributed by atoms with Gasteiger partial charge in [0.05, 0.1) is 17.8 Å². The molecule has 17 heavy (non-hydrogen) atoms. The van der Waals surface area contributed by atoms with Crippen LogP contribution in [-0.4, -0.2) is 32.3 Å². The molecule has 0 bridgehead atoms. The zero-order valence-corrected chi connectivity index (χ0v) is 10.6. The van der Waals surface area contributed by atoms with Gasteiger partial charge in [0.1, 0.15) is 11.6 Å². The van der Waals surface area contributed by atoms with Crippen molar-refractivity contribution >= 4 is 21.7 Å². The summed E-state index contributed by atoms with van der Waals surface area (Å²) < 4.78 is 26.9. The van der Waals surface area contributed by atoms with Crippen molar-refractivity contribution in [2.24, 2.45) is 5.41 Å². The molecule has 2 rings (SSSR count). The standard InChI is InChI=1S/C11H16O5S/c1-17(14,15)16-8-4-6-11(7-5-8)9(12)2-3-10(11)13/h8H,2-7H2,1H3. The molecule has 0 N–H and O–H groups in total. The molecule has 0 atom stereocenters. The van der Waals surface area contributed by atoms with E-state index < -0.39 is 15.5 Å². The maximum atomic E-state index is 11.8. The number of ketones is 2. The minimum atomic E-state index is -3.46. The van der Waals surface area contributed by atoms with E-state index >= 15 is 0 Å². The van der Waals surface area contributed by atoms with Gasteiger partial charge in [-0.05, 0) is 25.7 Å². The second-order valence-electron chi connectivity index (χ2n) is 4.93. The highest BCUT2D eigenvalue weighted by Gasteiger charge is 2.51. The van der Waals surface area contributed by atoms with E-state index in [-0.39, 0.29) is 17.7 Å². The van der Waals surface area contributed by atoms with E-state index in [0.29, 0.717) is 38.5 Å². The van der Waals surface area contributed by atoms with Gasteiger partial charge in [-0.1, -0.05) is 0 Å². The molecule has 2 fully saturated rings. The van der Waals surface area contributed by atoms with Gasteiger partial charge < -0.3 is 0 Å². The van der Waals surface area contributed by atoms with Crippen molar-refractivity contribution in [3.8, 4) is 0 Å². The Morgan fingerprint density at radius 3 is 2.00 bits per heavy atom. The van der Waals surface area contributed by atoms with E-state index in [1.165, 1.54) is 0 Å². The van der Waals surface area contributed by atoms with E-state index in [1.54, 1.807) is 0 Å². The molecule has 0 aromatic heterocycles.